The molecule has 0 aromatic carbocycles. The molecule has 1 aliphatic rings. The number of nitrogens with one attached hydrogen (secondary N) is 1. The van der Waals surface area contributed by atoms with Crippen LogP contribution in [0, 0.1) is 5.41 Å². The Morgan fingerprint density at radius 2 is 2.14 bits per heavy atom. The molecule has 0 aliphatic carbocycles. The minimum absolute atomic E-state index is 0.0636. The van der Waals surface area contributed by atoms with Crippen molar-refractivity contribution in [3.05, 3.63) is 18.0 Å². The molecule has 7 heteroatoms. The summed E-state index contributed by atoms with van der Waals surface area (Å²) in [5, 5.41) is 15.9. The standard InChI is InChI=1S/C14H22N4O3/c1-3-14(12(19)20)4-6-18(7-5-14)13(21)17(2)10-11-8-15-16-9-11/h8-9H,3-7,10H2,1-2H3,(H,15,16)(H,19,20). The maximum Gasteiger partial charge on any atom is 0.320 e. The van der Waals surface area contributed by atoms with E-state index in [1.165, 1.54) is 0 Å². The van der Waals surface area contributed by atoms with E-state index in [1.807, 2.05) is 6.92 Å². The van der Waals surface area contributed by atoms with Crippen molar-refractivity contribution in [2.45, 2.75) is 32.7 Å². The number of carboxylic acids is 1. The molecule has 2 heterocycles. The van der Waals surface area contributed by atoms with Crippen LogP contribution in [0.3, 0.4) is 0 Å². The zero-order valence-corrected chi connectivity index (χ0v) is 12.5. The molecule has 0 spiro atoms. The van der Waals surface area contributed by atoms with E-state index in [-0.39, 0.29) is 6.03 Å². The summed E-state index contributed by atoms with van der Waals surface area (Å²) in [7, 11) is 1.74. The van der Waals surface area contributed by atoms with Gasteiger partial charge in [0.15, 0.2) is 0 Å². The fraction of sp³-hybridized carbons (Fsp3) is 0.643. The van der Waals surface area contributed by atoms with Gasteiger partial charge in [0.1, 0.15) is 0 Å². The number of amides is 2. The second-order valence-corrected chi connectivity index (χ2v) is 5.67. The average molecular weight is 294 g/mol. The van der Waals surface area contributed by atoms with Gasteiger partial charge in [-0.15, -0.1) is 0 Å². The van der Waals surface area contributed by atoms with Crippen molar-refractivity contribution >= 4 is 12.0 Å². The molecule has 116 valence electrons. The van der Waals surface area contributed by atoms with E-state index in [2.05, 4.69) is 10.2 Å². The third kappa shape index (κ3) is 3.17. The number of carbonyl (C=O) groups excluding carboxylic acids is 1. The summed E-state index contributed by atoms with van der Waals surface area (Å²) < 4.78 is 0. The number of piperidine rings is 1. The molecule has 0 unspecified atom stereocenters. The van der Waals surface area contributed by atoms with E-state index in [9.17, 15) is 14.7 Å². The first-order valence-electron chi connectivity index (χ1n) is 7.19. The van der Waals surface area contributed by atoms with E-state index in [1.54, 1.807) is 29.2 Å². The molecule has 0 atom stereocenters. The van der Waals surface area contributed by atoms with Crippen LogP contribution in [0.5, 0.6) is 0 Å². The van der Waals surface area contributed by atoms with Crippen molar-refractivity contribution in [1.29, 1.82) is 0 Å². The molecule has 1 aromatic rings. The van der Waals surface area contributed by atoms with E-state index in [0.29, 0.717) is 38.9 Å². The first-order chi connectivity index (χ1) is 9.98. The van der Waals surface area contributed by atoms with Gasteiger partial charge in [-0.2, -0.15) is 5.10 Å². The number of hydrogen-bond acceptors (Lipinski definition) is 3. The van der Waals surface area contributed by atoms with Crippen LogP contribution in [0.15, 0.2) is 12.4 Å². The summed E-state index contributed by atoms with van der Waals surface area (Å²) in [4.78, 5) is 27.1. The Bertz CT molecular complexity index is 492. The second-order valence-electron chi connectivity index (χ2n) is 5.67. The highest BCUT2D eigenvalue weighted by Crippen LogP contribution is 2.35. The summed E-state index contributed by atoms with van der Waals surface area (Å²) in [6, 6.07) is -0.0636. The number of carboxylic acid groups (broad SMARTS) is 1. The van der Waals surface area contributed by atoms with Crippen LogP contribution in [0.25, 0.3) is 0 Å². The van der Waals surface area contributed by atoms with Gasteiger partial charge in [0.05, 0.1) is 18.2 Å². The molecule has 0 bridgehead atoms. The lowest BCUT2D eigenvalue weighted by molar-refractivity contribution is -0.152. The van der Waals surface area contributed by atoms with Gasteiger partial charge < -0.3 is 14.9 Å². The second kappa shape index (κ2) is 6.15. The molecule has 0 radical (unpaired) electrons. The summed E-state index contributed by atoms with van der Waals surface area (Å²) in [6.07, 6.45) is 5.09. The SMILES string of the molecule is CCC1(C(=O)O)CCN(C(=O)N(C)Cc2cn[nH]c2)CC1. The van der Waals surface area contributed by atoms with Crippen LogP contribution >= 0.6 is 0 Å². The maximum atomic E-state index is 12.4. The van der Waals surface area contributed by atoms with Crippen LogP contribution in [-0.2, 0) is 11.3 Å². The van der Waals surface area contributed by atoms with Crippen molar-refractivity contribution in [2.24, 2.45) is 5.41 Å². The third-order valence-electron chi connectivity index (χ3n) is 4.42. The van der Waals surface area contributed by atoms with Crippen molar-refractivity contribution in [1.82, 2.24) is 20.0 Å². The van der Waals surface area contributed by atoms with Crippen LogP contribution < -0.4 is 0 Å². The van der Waals surface area contributed by atoms with Gasteiger partial charge in [-0.3, -0.25) is 9.89 Å². The Hall–Kier alpha value is -2.05. The van der Waals surface area contributed by atoms with Gasteiger partial charge in [-0.25, -0.2) is 4.79 Å². The predicted molar refractivity (Wildman–Crippen MR) is 76.6 cm³/mol. The smallest absolute Gasteiger partial charge is 0.320 e. The number of aliphatic carboxylic acids is 1. The number of H-pyrrole nitrogens is 1. The molecule has 2 N–H and O–H groups in total. The molecule has 21 heavy (non-hydrogen) atoms. The summed E-state index contributed by atoms with van der Waals surface area (Å²) in [5.41, 5.74) is 0.274. The number of likely N-dealkylation sites (tertiary alicyclic amines) is 1. The normalized spacial score (nSPS) is 17.5. The summed E-state index contributed by atoms with van der Waals surface area (Å²) in [5.74, 6) is -0.746. The number of aromatic nitrogens is 2. The topological polar surface area (TPSA) is 89.5 Å². The molecule has 1 aliphatic heterocycles. The van der Waals surface area contributed by atoms with Crippen LogP contribution in [-0.4, -0.2) is 57.2 Å². The van der Waals surface area contributed by atoms with Crippen LogP contribution in [0.1, 0.15) is 31.7 Å². The van der Waals surface area contributed by atoms with E-state index >= 15 is 0 Å². The number of rotatable bonds is 4. The Morgan fingerprint density at radius 3 is 2.62 bits per heavy atom. The fourth-order valence-electron chi connectivity index (χ4n) is 2.79. The Balaban J connectivity index is 1.92. The summed E-state index contributed by atoms with van der Waals surface area (Å²) >= 11 is 0. The zero-order chi connectivity index (χ0) is 15.5. The van der Waals surface area contributed by atoms with E-state index in [4.69, 9.17) is 0 Å². The van der Waals surface area contributed by atoms with Gasteiger partial charge in [-0.05, 0) is 19.3 Å². The highest BCUT2D eigenvalue weighted by atomic mass is 16.4. The quantitative estimate of drug-likeness (QED) is 0.881. The highest BCUT2D eigenvalue weighted by molar-refractivity contribution is 5.77. The molecule has 1 aromatic heterocycles. The molecular weight excluding hydrogens is 272 g/mol. The Kier molecular flexibility index (Phi) is 4.50. The van der Waals surface area contributed by atoms with Gasteiger partial charge >= 0.3 is 12.0 Å². The fourth-order valence-corrected chi connectivity index (χ4v) is 2.79. The summed E-state index contributed by atoms with van der Waals surface area (Å²) in [6.45, 7) is 3.38. The maximum absolute atomic E-state index is 12.4. The number of hydrogen-bond donors (Lipinski definition) is 2. The van der Waals surface area contributed by atoms with Gasteiger partial charge in [-0.1, -0.05) is 6.92 Å². The number of carbonyl (C=O) groups is 2. The van der Waals surface area contributed by atoms with E-state index in [0.717, 1.165) is 5.56 Å². The minimum Gasteiger partial charge on any atom is -0.481 e. The van der Waals surface area contributed by atoms with Gasteiger partial charge in [0.2, 0.25) is 0 Å². The molecule has 1 saturated heterocycles. The first kappa shape index (κ1) is 15.3. The van der Waals surface area contributed by atoms with Crippen molar-refractivity contribution < 1.29 is 14.7 Å². The third-order valence-corrected chi connectivity index (χ3v) is 4.42. The highest BCUT2D eigenvalue weighted by Gasteiger charge is 2.41. The molecule has 1 fully saturated rings. The van der Waals surface area contributed by atoms with Crippen molar-refractivity contribution in [3.8, 4) is 0 Å². The number of nitrogens with zero attached hydrogens (tertiary/aromatic N) is 3. The Labute approximate surface area is 123 Å². The molecule has 7 nitrogen and oxygen atoms in total. The molecule has 2 amide bonds. The minimum atomic E-state index is -0.746. The van der Waals surface area contributed by atoms with Crippen molar-refractivity contribution in [2.75, 3.05) is 20.1 Å². The number of aromatic amines is 1. The van der Waals surface area contributed by atoms with Crippen LogP contribution in [0.4, 0.5) is 4.79 Å². The monoisotopic (exact) mass is 294 g/mol. The van der Waals surface area contributed by atoms with Gasteiger partial charge in [0.25, 0.3) is 0 Å². The van der Waals surface area contributed by atoms with Crippen LogP contribution in [0.2, 0.25) is 0 Å². The molecule has 0 saturated carbocycles. The average Bonchev–Trinajstić information content (AvgIpc) is 2.99. The lowest BCUT2D eigenvalue weighted by Gasteiger charge is -2.39. The number of urea groups is 1. The zero-order valence-electron chi connectivity index (χ0n) is 12.5. The lowest BCUT2D eigenvalue weighted by atomic mass is 9.76. The largest absolute Gasteiger partial charge is 0.481 e. The Morgan fingerprint density at radius 1 is 1.48 bits per heavy atom. The van der Waals surface area contributed by atoms with E-state index < -0.39 is 11.4 Å². The first-order valence-corrected chi connectivity index (χ1v) is 7.19. The molecule has 2 rings (SSSR count). The molecular formula is C14H22N4O3. The van der Waals surface area contributed by atoms with Crippen molar-refractivity contribution in [3.63, 3.8) is 0 Å². The predicted octanol–water partition coefficient (Wildman–Crippen LogP) is 1.54. The lowest BCUT2D eigenvalue weighted by Crippen LogP contribution is -2.49. The van der Waals surface area contributed by atoms with Gasteiger partial charge in [0, 0.05) is 31.9 Å².